The molecule has 0 fully saturated rings. The van der Waals surface area contributed by atoms with Crippen LogP contribution in [0.1, 0.15) is 25.0 Å². The fourth-order valence-corrected chi connectivity index (χ4v) is 2.87. The molecule has 0 aliphatic heterocycles. The van der Waals surface area contributed by atoms with Crippen LogP contribution in [0.25, 0.3) is 0 Å². The van der Waals surface area contributed by atoms with Gasteiger partial charge < -0.3 is 20.5 Å². The Labute approximate surface area is 180 Å². The molecule has 2 amide bonds. The number of nitrogens with one attached hydrogen (secondary N) is 2. The van der Waals surface area contributed by atoms with E-state index in [0.29, 0.717) is 10.6 Å². The fourth-order valence-electron chi connectivity index (χ4n) is 2.74. The van der Waals surface area contributed by atoms with Crippen molar-refractivity contribution in [1.82, 2.24) is 10.6 Å². The number of carbonyl (C=O) groups excluding carboxylic acids is 2. The maximum absolute atomic E-state index is 12.7. The highest BCUT2D eigenvalue weighted by Gasteiger charge is 2.29. The Hall–Kier alpha value is -3.06. The Bertz CT molecular complexity index is 856. The molecule has 2 atom stereocenters. The van der Waals surface area contributed by atoms with Crippen molar-refractivity contribution >= 4 is 29.6 Å². The van der Waals surface area contributed by atoms with Crippen molar-refractivity contribution in [2.75, 3.05) is 0 Å². The number of rotatable bonds is 9. The van der Waals surface area contributed by atoms with Gasteiger partial charge in [0, 0.05) is 11.4 Å². The summed E-state index contributed by atoms with van der Waals surface area (Å²) in [6.07, 6.45) is -0.668. The lowest BCUT2D eigenvalue weighted by Crippen LogP contribution is -2.54. The second kappa shape index (κ2) is 11.2. The molecule has 0 saturated carbocycles. The average Bonchev–Trinajstić information content (AvgIpc) is 2.71. The predicted octanol–water partition coefficient (Wildman–Crippen LogP) is 3.40. The number of ether oxygens (including phenoxy) is 1. The highest BCUT2D eigenvalue weighted by Crippen LogP contribution is 2.12. The minimum atomic E-state index is -1.17. The van der Waals surface area contributed by atoms with Crippen LogP contribution in [0, 0.1) is 5.92 Å². The van der Waals surface area contributed by atoms with Gasteiger partial charge in [0.1, 0.15) is 18.7 Å². The van der Waals surface area contributed by atoms with E-state index in [1.165, 1.54) is 0 Å². The molecule has 0 aliphatic rings. The Kier molecular flexibility index (Phi) is 8.68. The van der Waals surface area contributed by atoms with E-state index in [1.807, 2.05) is 30.3 Å². The highest BCUT2D eigenvalue weighted by molar-refractivity contribution is 6.30. The zero-order chi connectivity index (χ0) is 22.1. The molecule has 160 valence electrons. The number of hydrogen-bond donors (Lipinski definition) is 3. The summed E-state index contributed by atoms with van der Waals surface area (Å²) in [6.45, 7) is 3.56. The largest absolute Gasteiger partial charge is 0.480 e. The molecule has 0 unspecified atom stereocenters. The molecule has 7 nitrogen and oxygen atoms in total. The van der Waals surface area contributed by atoms with Crippen molar-refractivity contribution in [2.45, 2.75) is 39.0 Å². The molecule has 2 aromatic rings. The summed E-state index contributed by atoms with van der Waals surface area (Å²) in [5.74, 6) is -2.05. The zero-order valence-electron chi connectivity index (χ0n) is 16.8. The Morgan fingerprint density at radius 3 is 2.17 bits per heavy atom. The van der Waals surface area contributed by atoms with Crippen molar-refractivity contribution in [1.29, 1.82) is 0 Å². The van der Waals surface area contributed by atoms with E-state index in [-0.39, 0.29) is 18.9 Å². The van der Waals surface area contributed by atoms with Crippen molar-refractivity contribution < 1.29 is 24.2 Å². The maximum atomic E-state index is 12.7. The minimum absolute atomic E-state index is 0.0629. The number of carbonyl (C=O) groups is 3. The number of amides is 2. The molecule has 2 rings (SSSR count). The van der Waals surface area contributed by atoms with Crippen LogP contribution in [0.4, 0.5) is 4.79 Å². The van der Waals surface area contributed by atoms with E-state index >= 15 is 0 Å². The first-order valence-corrected chi connectivity index (χ1v) is 9.89. The third-order valence-corrected chi connectivity index (χ3v) is 4.65. The molecule has 30 heavy (non-hydrogen) atoms. The normalized spacial score (nSPS) is 12.7. The topological polar surface area (TPSA) is 105 Å². The first kappa shape index (κ1) is 23.2. The molecule has 2 aromatic carbocycles. The van der Waals surface area contributed by atoms with E-state index in [9.17, 15) is 19.5 Å². The summed E-state index contributed by atoms with van der Waals surface area (Å²) in [4.78, 5) is 36.5. The number of halogens is 1. The number of hydrogen-bond acceptors (Lipinski definition) is 4. The van der Waals surface area contributed by atoms with Gasteiger partial charge in [0.25, 0.3) is 0 Å². The summed E-state index contributed by atoms with van der Waals surface area (Å²) in [6, 6.07) is 13.7. The van der Waals surface area contributed by atoms with Crippen LogP contribution in [-0.4, -0.2) is 35.2 Å². The van der Waals surface area contributed by atoms with Crippen molar-refractivity contribution in [2.24, 2.45) is 5.92 Å². The van der Waals surface area contributed by atoms with Gasteiger partial charge in [0.2, 0.25) is 5.91 Å². The number of alkyl carbamates (subject to hydrolysis) is 1. The van der Waals surface area contributed by atoms with Gasteiger partial charge in [-0.05, 0) is 29.2 Å². The molecule has 0 bridgehead atoms. The third kappa shape index (κ3) is 7.40. The minimum Gasteiger partial charge on any atom is -0.480 e. The smallest absolute Gasteiger partial charge is 0.408 e. The van der Waals surface area contributed by atoms with Gasteiger partial charge in [0.05, 0.1) is 0 Å². The van der Waals surface area contributed by atoms with Gasteiger partial charge in [-0.1, -0.05) is 67.9 Å². The van der Waals surface area contributed by atoms with Gasteiger partial charge in [0.15, 0.2) is 0 Å². The Morgan fingerprint density at radius 2 is 1.60 bits per heavy atom. The molecule has 0 radical (unpaired) electrons. The molecule has 0 aromatic heterocycles. The average molecular weight is 433 g/mol. The quantitative estimate of drug-likeness (QED) is 0.563. The molecule has 0 heterocycles. The highest BCUT2D eigenvalue weighted by atomic mass is 35.5. The summed E-state index contributed by atoms with van der Waals surface area (Å²) in [5, 5.41) is 15.0. The molecular formula is C22H25ClN2O5. The number of carboxylic acid groups (broad SMARTS) is 1. The van der Waals surface area contributed by atoms with Crippen LogP contribution in [-0.2, 0) is 27.4 Å². The summed E-state index contributed by atoms with van der Waals surface area (Å²) < 4.78 is 5.16. The lowest BCUT2D eigenvalue weighted by molar-refractivity contribution is -0.142. The third-order valence-electron chi connectivity index (χ3n) is 4.40. The summed E-state index contributed by atoms with van der Waals surface area (Å²) >= 11 is 5.85. The lowest BCUT2D eigenvalue weighted by atomic mass is 10.0. The monoisotopic (exact) mass is 432 g/mol. The lowest BCUT2D eigenvalue weighted by Gasteiger charge is -2.24. The summed E-state index contributed by atoms with van der Waals surface area (Å²) in [5.41, 5.74) is 1.52. The standard InChI is InChI=1S/C22H25ClN2O5/c1-14(2)19(25-22(29)30-13-16-6-4-3-5-7-16)20(26)24-18(21(27)28)12-15-8-10-17(23)11-9-15/h3-11,14,18-19H,12-13H2,1-2H3,(H,24,26)(H,25,29)(H,27,28)/t18-,19+/m1/s1. The maximum Gasteiger partial charge on any atom is 0.408 e. The first-order chi connectivity index (χ1) is 14.3. The van der Waals surface area contributed by atoms with Gasteiger partial charge in [-0.25, -0.2) is 9.59 Å². The molecular weight excluding hydrogens is 408 g/mol. The van der Waals surface area contributed by atoms with Crippen LogP contribution in [0.2, 0.25) is 5.02 Å². The molecule has 0 aliphatic carbocycles. The van der Waals surface area contributed by atoms with E-state index < -0.39 is 30.1 Å². The van der Waals surface area contributed by atoms with E-state index in [4.69, 9.17) is 16.3 Å². The van der Waals surface area contributed by atoms with Crippen LogP contribution in [0.5, 0.6) is 0 Å². The fraction of sp³-hybridized carbons (Fsp3) is 0.318. The van der Waals surface area contributed by atoms with E-state index in [1.54, 1.807) is 38.1 Å². The van der Waals surface area contributed by atoms with Crippen molar-refractivity contribution in [3.05, 3.63) is 70.7 Å². The number of aliphatic carboxylic acids is 1. The molecule has 0 saturated heterocycles. The SMILES string of the molecule is CC(C)[C@H](NC(=O)OCc1ccccc1)C(=O)N[C@H](Cc1ccc(Cl)cc1)C(=O)O. The van der Waals surface area contributed by atoms with E-state index in [2.05, 4.69) is 10.6 Å². The summed E-state index contributed by atoms with van der Waals surface area (Å²) in [7, 11) is 0. The zero-order valence-corrected chi connectivity index (χ0v) is 17.6. The number of carboxylic acids is 1. The second-order valence-electron chi connectivity index (χ2n) is 7.16. The second-order valence-corrected chi connectivity index (χ2v) is 7.59. The molecule has 0 spiro atoms. The van der Waals surface area contributed by atoms with Crippen LogP contribution < -0.4 is 10.6 Å². The van der Waals surface area contributed by atoms with Gasteiger partial charge in [-0.15, -0.1) is 0 Å². The Morgan fingerprint density at radius 1 is 0.967 bits per heavy atom. The predicted molar refractivity (Wildman–Crippen MR) is 113 cm³/mol. The van der Waals surface area contributed by atoms with Crippen LogP contribution in [0.3, 0.4) is 0 Å². The van der Waals surface area contributed by atoms with Gasteiger partial charge in [-0.2, -0.15) is 0 Å². The number of benzene rings is 2. The van der Waals surface area contributed by atoms with Crippen molar-refractivity contribution in [3.63, 3.8) is 0 Å². The van der Waals surface area contributed by atoms with Crippen LogP contribution >= 0.6 is 11.6 Å². The van der Waals surface area contributed by atoms with E-state index in [0.717, 1.165) is 5.56 Å². The van der Waals surface area contributed by atoms with Crippen LogP contribution in [0.15, 0.2) is 54.6 Å². The molecule has 8 heteroatoms. The first-order valence-electron chi connectivity index (χ1n) is 9.51. The molecule has 3 N–H and O–H groups in total. The van der Waals surface area contributed by atoms with Gasteiger partial charge >= 0.3 is 12.1 Å². The van der Waals surface area contributed by atoms with Gasteiger partial charge in [-0.3, -0.25) is 4.79 Å². The van der Waals surface area contributed by atoms with Crippen molar-refractivity contribution in [3.8, 4) is 0 Å². The Balaban J connectivity index is 1.97.